The maximum Gasteiger partial charge on any atom is 0.274 e. The molecule has 0 radical (unpaired) electrons. The second-order valence-corrected chi connectivity index (χ2v) is 4.72. The molecule has 5 nitrogen and oxygen atoms in total. The lowest BCUT2D eigenvalue weighted by Crippen LogP contribution is -2.18. The highest BCUT2D eigenvalue weighted by Gasteiger charge is 2.13. The van der Waals surface area contributed by atoms with Crippen LogP contribution in [0.3, 0.4) is 0 Å². The summed E-state index contributed by atoms with van der Waals surface area (Å²) in [6.07, 6.45) is 2.05. The minimum atomic E-state index is -0.484. The molecule has 0 amide bonds. The van der Waals surface area contributed by atoms with E-state index in [2.05, 4.69) is 10.2 Å². The summed E-state index contributed by atoms with van der Waals surface area (Å²) >= 11 is 0. The van der Waals surface area contributed by atoms with E-state index in [1.54, 1.807) is 0 Å². The van der Waals surface area contributed by atoms with Crippen molar-refractivity contribution in [3.05, 3.63) is 39.7 Å². The standard InChI is InChI=1S/C13H20FN3O2/c1-16(2)8-4-3-7-15-10-11-9-12(14)5-6-13(11)17(18)19/h5-6,9,15H,3-4,7-8,10H2,1-2H3. The first kappa shape index (κ1) is 15.5. The largest absolute Gasteiger partial charge is 0.312 e. The van der Waals surface area contributed by atoms with Gasteiger partial charge in [-0.1, -0.05) is 0 Å². The fourth-order valence-electron chi connectivity index (χ4n) is 1.77. The highest BCUT2D eigenvalue weighted by molar-refractivity contribution is 5.40. The van der Waals surface area contributed by atoms with Gasteiger partial charge in [0.05, 0.1) is 4.92 Å². The Morgan fingerprint density at radius 3 is 2.74 bits per heavy atom. The van der Waals surface area contributed by atoms with Crippen molar-refractivity contribution in [2.75, 3.05) is 27.2 Å². The highest BCUT2D eigenvalue weighted by Crippen LogP contribution is 2.19. The maximum atomic E-state index is 13.1. The number of halogens is 1. The zero-order valence-corrected chi connectivity index (χ0v) is 11.4. The van der Waals surface area contributed by atoms with Crippen molar-refractivity contribution in [3.8, 4) is 0 Å². The first-order valence-corrected chi connectivity index (χ1v) is 6.29. The second-order valence-electron chi connectivity index (χ2n) is 4.72. The van der Waals surface area contributed by atoms with Crippen molar-refractivity contribution in [2.24, 2.45) is 0 Å². The van der Waals surface area contributed by atoms with Gasteiger partial charge in [0.25, 0.3) is 5.69 Å². The second kappa shape index (κ2) is 7.81. The maximum absolute atomic E-state index is 13.1. The lowest BCUT2D eigenvalue weighted by Gasteiger charge is -2.09. The van der Waals surface area contributed by atoms with Gasteiger partial charge in [-0.25, -0.2) is 4.39 Å². The zero-order valence-electron chi connectivity index (χ0n) is 11.4. The molecule has 106 valence electrons. The molecule has 1 aromatic carbocycles. The lowest BCUT2D eigenvalue weighted by atomic mass is 10.1. The van der Waals surface area contributed by atoms with Gasteiger partial charge in [-0.05, 0) is 52.2 Å². The van der Waals surface area contributed by atoms with E-state index in [9.17, 15) is 14.5 Å². The van der Waals surface area contributed by atoms with Crippen LogP contribution < -0.4 is 5.32 Å². The van der Waals surface area contributed by atoms with Crippen LogP contribution in [0.2, 0.25) is 0 Å². The molecule has 0 bridgehead atoms. The third-order valence-corrected chi connectivity index (χ3v) is 2.76. The number of nitro benzene ring substituents is 1. The SMILES string of the molecule is CN(C)CCCCNCc1cc(F)ccc1[N+](=O)[O-]. The molecule has 0 aliphatic carbocycles. The average Bonchev–Trinajstić information content (AvgIpc) is 2.33. The molecule has 0 saturated carbocycles. The Kier molecular flexibility index (Phi) is 6.38. The number of hydrogen-bond donors (Lipinski definition) is 1. The van der Waals surface area contributed by atoms with Gasteiger partial charge in [-0.2, -0.15) is 0 Å². The van der Waals surface area contributed by atoms with E-state index in [1.165, 1.54) is 12.1 Å². The summed E-state index contributed by atoms with van der Waals surface area (Å²) in [5.74, 6) is -0.449. The summed E-state index contributed by atoms with van der Waals surface area (Å²) in [7, 11) is 4.03. The Balaban J connectivity index is 2.40. The van der Waals surface area contributed by atoms with E-state index in [-0.39, 0.29) is 5.69 Å². The molecular formula is C13H20FN3O2. The van der Waals surface area contributed by atoms with Gasteiger partial charge < -0.3 is 10.2 Å². The Labute approximate surface area is 112 Å². The van der Waals surface area contributed by atoms with Gasteiger partial charge in [-0.3, -0.25) is 10.1 Å². The molecule has 6 heteroatoms. The quantitative estimate of drug-likeness (QED) is 0.446. The molecule has 0 spiro atoms. The van der Waals surface area contributed by atoms with Crippen LogP contribution in [0.25, 0.3) is 0 Å². The summed E-state index contributed by atoms with van der Waals surface area (Å²) in [6, 6.07) is 3.53. The molecular weight excluding hydrogens is 249 g/mol. The predicted octanol–water partition coefficient (Wildman–Crippen LogP) is 2.17. The number of nitrogens with zero attached hydrogens (tertiary/aromatic N) is 2. The average molecular weight is 269 g/mol. The van der Waals surface area contributed by atoms with E-state index in [0.717, 1.165) is 32.0 Å². The fourth-order valence-corrected chi connectivity index (χ4v) is 1.77. The molecule has 0 aliphatic heterocycles. The molecule has 0 unspecified atom stereocenters. The lowest BCUT2D eigenvalue weighted by molar-refractivity contribution is -0.385. The van der Waals surface area contributed by atoms with Crippen molar-refractivity contribution in [1.82, 2.24) is 10.2 Å². The van der Waals surface area contributed by atoms with Crippen molar-refractivity contribution in [3.63, 3.8) is 0 Å². The van der Waals surface area contributed by atoms with Gasteiger partial charge in [0.2, 0.25) is 0 Å². The molecule has 0 heterocycles. The van der Waals surface area contributed by atoms with Crippen molar-refractivity contribution >= 4 is 5.69 Å². The minimum Gasteiger partial charge on any atom is -0.312 e. The van der Waals surface area contributed by atoms with Crippen LogP contribution in [-0.2, 0) is 6.54 Å². The third kappa shape index (κ3) is 5.76. The zero-order chi connectivity index (χ0) is 14.3. The van der Waals surface area contributed by atoms with E-state index in [4.69, 9.17) is 0 Å². The van der Waals surface area contributed by atoms with E-state index >= 15 is 0 Å². The summed E-state index contributed by atoms with van der Waals surface area (Å²) in [5, 5.41) is 13.9. The first-order valence-electron chi connectivity index (χ1n) is 6.29. The highest BCUT2D eigenvalue weighted by atomic mass is 19.1. The molecule has 1 N–H and O–H groups in total. The van der Waals surface area contributed by atoms with Crippen LogP contribution in [-0.4, -0.2) is 37.0 Å². The number of nitro groups is 1. The Hall–Kier alpha value is -1.53. The van der Waals surface area contributed by atoms with Crippen LogP contribution in [0.4, 0.5) is 10.1 Å². The number of nitrogens with one attached hydrogen (secondary N) is 1. The topological polar surface area (TPSA) is 58.4 Å². The van der Waals surface area contributed by atoms with Gasteiger partial charge in [-0.15, -0.1) is 0 Å². The van der Waals surface area contributed by atoms with Crippen LogP contribution in [0, 0.1) is 15.9 Å². The summed E-state index contributed by atoms with van der Waals surface area (Å²) < 4.78 is 13.1. The first-order chi connectivity index (χ1) is 9.00. The monoisotopic (exact) mass is 269 g/mol. The Morgan fingerprint density at radius 2 is 2.11 bits per heavy atom. The third-order valence-electron chi connectivity index (χ3n) is 2.76. The van der Waals surface area contributed by atoms with Gasteiger partial charge >= 0.3 is 0 Å². The van der Waals surface area contributed by atoms with Crippen molar-refractivity contribution in [2.45, 2.75) is 19.4 Å². The number of benzene rings is 1. The van der Waals surface area contributed by atoms with Crippen LogP contribution in [0.1, 0.15) is 18.4 Å². The molecule has 0 aliphatic rings. The van der Waals surface area contributed by atoms with Gasteiger partial charge in [0.1, 0.15) is 5.82 Å². The van der Waals surface area contributed by atoms with E-state index in [1.807, 2.05) is 14.1 Å². The Bertz CT molecular complexity index is 424. The molecule has 1 aromatic rings. The van der Waals surface area contributed by atoms with E-state index < -0.39 is 10.7 Å². The number of rotatable bonds is 8. The minimum absolute atomic E-state index is 0.0396. The normalized spacial score (nSPS) is 10.9. The molecule has 1 rings (SSSR count). The van der Waals surface area contributed by atoms with Gasteiger partial charge in [0.15, 0.2) is 0 Å². The number of hydrogen-bond acceptors (Lipinski definition) is 4. The molecule has 0 atom stereocenters. The van der Waals surface area contributed by atoms with Crippen molar-refractivity contribution < 1.29 is 9.31 Å². The molecule has 0 saturated heterocycles. The fraction of sp³-hybridized carbons (Fsp3) is 0.538. The summed E-state index contributed by atoms with van der Waals surface area (Å²) in [5.41, 5.74) is 0.347. The Morgan fingerprint density at radius 1 is 1.37 bits per heavy atom. The molecule has 0 fully saturated rings. The smallest absolute Gasteiger partial charge is 0.274 e. The van der Waals surface area contributed by atoms with E-state index in [0.29, 0.717) is 12.1 Å². The van der Waals surface area contributed by atoms with Crippen LogP contribution >= 0.6 is 0 Å². The molecule has 19 heavy (non-hydrogen) atoms. The summed E-state index contributed by atoms with van der Waals surface area (Å²) in [4.78, 5) is 12.4. The van der Waals surface area contributed by atoms with Crippen molar-refractivity contribution in [1.29, 1.82) is 0 Å². The van der Waals surface area contributed by atoms with Gasteiger partial charge in [0, 0.05) is 18.2 Å². The van der Waals surface area contributed by atoms with Crippen LogP contribution in [0.15, 0.2) is 18.2 Å². The summed E-state index contributed by atoms with van der Waals surface area (Å²) in [6.45, 7) is 2.10. The molecule has 0 aromatic heterocycles. The number of unbranched alkanes of at least 4 members (excludes halogenated alkanes) is 1. The van der Waals surface area contributed by atoms with Crippen LogP contribution in [0.5, 0.6) is 0 Å². The predicted molar refractivity (Wildman–Crippen MR) is 72.5 cm³/mol.